The average Bonchev–Trinajstić information content (AvgIpc) is 3.28. The topological polar surface area (TPSA) is 118 Å². The molecule has 0 spiro atoms. The summed E-state index contributed by atoms with van der Waals surface area (Å²) in [6.07, 6.45) is 1.11. The normalized spacial score (nSPS) is 12.4. The van der Waals surface area contributed by atoms with E-state index in [0.717, 1.165) is 28.0 Å². The van der Waals surface area contributed by atoms with Crippen molar-refractivity contribution >= 4 is 31.6 Å². The predicted molar refractivity (Wildman–Crippen MR) is 133 cm³/mol. The number of hydrogen-bond acceptors (Lipinski definition) is 7. The van der Waals surface area contributed by atoms with Gasteiger partial charge in [-0.3, -0.25) is 0 Å². The molecule has 7 nitrogen and oxygen atoms in total. The summed E-state index contributed by atoms with van der Waals surface area (Å²) in [7, 11) is -3.79. The molecule has 0 aliphatic heterocycles. The number of nitrogens with two attached hydrogens (primary N) is 1. The van der Waals surface area contributed by atoms with Gasteiger partial charge in [0, 0.05) is 0 Å². The zero-order chi connectivity index (χ0) is 24.0. The molecule has 34 heavy (non-hydrogen) atoms. The molecule has 174 valence electrons. The lowest BCUT2D eigenvalue weighted by Crippen LogP contribution is -2.30. The van der Waals surface area contributed by atoms with Crippen LogP contribution < -0.4 is 15.2 Å². The Kier molecular flexibility index (Phi) is 7.55. The number of nitriles is 1. The molecule has 1 unspecified atom stereocenters. The van der Waals surface area contributed by atoms with Crippen LogP contribution in [0, 0.1) is 11.3 Å². The highest BCUT2D eigenvalue weighted by Crippen LogP contribution is 2.32. The second-order valence-corrected chi connectivity index (χ2v) is 10.5. The summed E-state index contributed by atoms with van der Waals surface area (Å²) in [5, 5.41) is 9.89. The second-order valence-electron chi connectivity index (χ2n) is 7.68. The molecule has 0 aliphatic carbocycles. The van der Waals surface area contributed by atoms with Crippen LogP contribution in [0.5, 0.6) is 5.75 Å². The monoisotopic (exact) mass is 492 g/mol. The molecule has 0 aliphatic rings. The first-order valence-corrected chi connectivity index (χ1v) is 13.1. The number of thiazole rings is 1. The van der Waals surface area contributed by atoms with E-state index in [1.807, 2.05) is 24.3 Å². The number of ether oxygens (including phenoxy) is 1. The van der Waals surface area contributed by atoms with Crippen molar-refractivity contribution in [3.05, 3.63) is 88.9 Å². The number of nitrogens with zero attached hydrogens (tertiary/aromatic N) is 2. The standard InChI is InChI=1S/C25H24N4O3S2/c26-12-5-13-32-20-10-11-22-24(16-20)33-25(28-22)23(15-18-6-4-7-19(14-18)17-27)29-34(30,31)21-8-2-1-3-9-21/h1-4,6-11,14,16,23,29H,5,12-13,15,26H2. The molecule has 1 aromatic heterocycles. The Labute approximate surface area is 202 Å². The van der Waals surface area contributed by atoms with Crippen molar-refractivity contribution in [1.82, 2.24) is 9.71 Å². The van der Waals surface area contributed by atoms with Crippen LogP contribution in [0.4, 0.5) is 0 Å². The van der Waals surface area contributed by atoms with Crippen molar-refractivity contribution in [2.24, 2.45) is 5.73 Å². The Bertz CT molecular complexity index is 1410. The van der Waals surface area contributed by atoms with E-state index in [1.54, 1.807) is 48.5 Å². The molecule has 0 saturated carbocycles. The smallest absolute Gasteiger partial charge is 0.241 e. The van der Waals surface area contributed by atoms with Gasteiger partial charge in [0.25, 0.3) is 0 Å². The Morgan fingerprint density at radius 2 is 1.91 bits per heavy atom. The Morgan fingerprint density at radius 1 is 1.09 bits per heavy atom. The van der Waals surface area contributed by atoms with E-state index in [-0.39, 0.29) is 4.90 Å². The quantitative estimate of drug-likeness (QED) is 0.321. The summed E-state index contributed by atoms with van der Waals surface area (Å²) in [4.78, 5) is 4.90. The van der Waals surface area contributed by atoms with E-state index < -0.39 is 16.1 Å². The SMILES string of the molecule is N#Cc1cccc(CC(NS(=O)(=O)c2ccccc2)c2nc3ccc(OCCCN)cc3s2)c1. The maximum absolute atomic E-state index is 13.1. The van der Waals surface area contributed by atoms with Gasteiger partial charge < -0.3 is 10.5 Å². The van der Waals surface area contributed by atoms with Crippen LogP contribution >= 0.6 is 11.3 Å². The summed E-state index contributed by atoms with van der Waals surface area (Å²) in [5.41, 5.74) is 7.65. The lowest BCUT2D eigenvalue weighted by Gasteiger charge is -2.17. The number of fused-ring (bicyclic) bond motifs is 1. The van der Waals surface area contributed by atoms with Crippen LogP contribution in [0.15, 0.2) is 77.7 Å². The zero-order valence-electron chi connectivity index (χ0n) is 18.3. The van der Waals surface area contributed by atoms with Crippen LogP contribution in [-0.4, -0.2) is 26.6 Å². The minimum absolute atomic E-state index is 0.183. The summed E-state index contributed by atoms with van der Waals surface area (Å²) < 4.78 is 35.7. The zero-order valence-corrected chi connectivity index (χ0v) is 20.0. The molecule has 0 amide bonds. The van der Waals surface area contributed by atoms with E-state index in [0.29, 0.717) is 30.1 Å². The van der Waals surface area contributed by atoms with Gasteiger partial charge >= 0.3 is 0 Å². The molecule has 0 radical (unpaired) electrons. The molecule has 3 aromatic carbocycles. The van der Waals surface area contributed by atoms with Crippen LogP contribution in [0.25, 0.3) is 10.2 Å². The third-order valence-corrected chi connectivity index (χ3v) is 7.76. The van der Waals surface area contributed by atoms with Crippen molar-refractivity contribution in [2.45, 2.75) is 23.8 Å². The first-order valence-electron chi connectivity index (χ1n) is 10.8. The van der Waals surface area contributed by atoms with Gasteiger partial charge in [0.1, 0.15) is 10.8 Å². The molecule has 1 atom stereocenters. The molecule has 4 rings (SSSR count). The third kappa shape index (κ3) is 5.79. The molecule has 0 saturated heterocycles. The number of hydrogen-bond donors (Lipinski definition) is 2. The highest BCUT2D eigenvalue weighted by molar-refractivity contribution is 7.89. The van der Waals surface area contributed by atoms with Crippen LogP contribution in [0.1, 0.15) is 28.6 Å². The Hall–Kier alpha value is -3.29. The summed E-state index contributed by atoms with van der Waals surface area (Å²) in [5.74, 6) is 0.722. The van der Waals surface area contributed by atoms with Gasteiger partial charge in [-0.15, -0.1) is 11.3 Å². The second kappa shape index (κ2) is 10.8. The fourth-order valence-corrected chi connectivity index (χ4v) is 5.82. The first-order chi connectivity index (χ1) is 16.5. The maximum Gasteiger partial charge on any atom is 0.241 e. The molecular weight excluding hydrogens is 468 g/mol. The minimum Gasteiger partial charge on any atom is -0.493 e. The fraction of sp³-hybridized carbons (Fsp3) is 0.200. The van der Waals surface area contributed by atoms with Gasteiger partial charge in [-0.25, -0.2) is 18.1 Å². The number of benzene rings is 3. The van der Waals surface area contributed by atoms with Crippen LogP contribution in [0.3, 0.4) is 0 Å². The molecule has 0 bridgehead atoms. The molecular formula is C25H24N4O3S2. The largest absolute Gasteiger partial charge is 0.493 e. The molecule has 9 heteroatoms. The third-order valence-electron chi connectivity index (χ3n) is 5.14. The number of rotatable bonds is 10. The highest BCUT2D eigenvalue weighted by Gasteiger charge is 2.25. The van der Waals surface area contributed by atoms with E-state index in [1.165, 1.54) is 11.3 Å². The Morgan fingerprint density at radius 3 is 2.68 bits per heavy atom. The average molecular weight is 493 g/mol. The van der Waals surface area contributed by atoms with Crippen molar-refractivity contribution < 1.29 is 13.2 Å². The lowest BCUT2D eigenvalue weighted by atomic mass is 10.0. The Balaban J connectivity index is 1.68. The fourth-order valence-electron chi connectivity index (χ4n) is 3.47. The van der Waals surface area contributed by atoms with Crippen molar-refractivity contribution in [2.75, 3.05) is 13.2 Å². The maximum atomic E-state index is 13.1. The predicted octanol–water partition coefficient (Wildman–Crippen LogP) is 4.16. The van der Waals surface area contributed by atoms with E-state index in [2.05, 4.69) is 10.8 Å². The minimum atomic E-state index is -3.79. The van der Waals surface area contributed by atoms with Crippen molar-refractivity contribution in [3.63, 3.8) is 0 Å². The molecule has 4 aromatic rings. The lowest BCUT2D eigenvalue weighted by molar-refractivity contribution is 0.314. The summed E-state index contributed by atoms with van der Waals surface area (Å²) >= 11 is 1.42. The van der Waals surface area contributed by atoms with Gasteiger partial charge in [-0.1, -0.05) is 30.3 Å². The van der Waals surface area contributed by atoms with Crippen molar-refractivity contribution in [3.8, 4) is 11.8 Å². The van der Waals surface area contributed by atoms with Gasteiger partial charge in [-0.2, -0.15) is 5.26 Å². The summed E-state index contributed by atoms with van der Waals surface area (Å²) in [6.45, 7) is 1.09. The highest BCUT2D eigenvalue weighted by atomic mass is 32.2. The number of nitrogens with one attached hydrogen (secondary N) is 1. The van der Waals surface area contributed by atoms with Crippen LogP contribution in [0.2, 0.25) is 0 Å². The van der Waals surface area contributed by atoms with Gasteiger partial charge in [-0.05, 0) is 67.4 Å². The first kappa shape index (κ1) is 23.9. The molecule has 3 N–H and O–H groups in total. The number of aromatic nitrogens is 1. The van der Waals surface area contributed by atoms with Crippen LogP contribution in [-0.2, 0) is 16.4 Å². The van der Waals surface area contributed by atoms with E-state index >= 15 is 0 Å². The van der Waals surface area contributed by atoms with E-state index in [4.69, 9.17) is 15.5 Å². The van der Waals surface area contributed by atoms with Crippen molar-refractivity contribution in [1.29, 1.82) is 5.26 Å². The number of sulfonamides is 1. The summed E-state index contributed by atoms with van der Waals surface area (Å²) in [6, 6.07) is 22.5. The van der Waals surface area contributed by atoms with Gasteiger partial charge in [0.15, 0.2) is 0 Å². The molecule has 1 heterocycles. The molecule has 0 fully saturated rings. The van der Waals surface area contributed by atoms with E-state index in [9.17, 15) is 13.7 Å². The van der Waals surface area contributed by atoms with Gasteiger partial charge in [0.2, 0.25) is 10.0 Å². The van der Waals surface area contributed by atoms with Gasteiger partial charge in [0.05, 0.1) is 39.4 Å².